The SMILES string of the molecule is CC(C)N1CCN(c2ccc(Nc3cc(-c4ccc5c(CCO)cn(C)c5c4)c(Cl)n4ccnc34)nc2)CC1.CC(C)N1CCN(c2ccc(Nc3cc(Br)c(Cl)n4ccnc34)nc2)CC1.Cn1cc(CCO)c2ccc(B3OC(C)(C)C(C)(C)O3)cc21. The Morgan fingerprint density at radius 1 is 0.591 bits per heavy atom. The molecule has 3 fully saturated rings. The quantitative estimate of drug-likeness (QED) is 0.0600. The smallest absolute Gasteiger partial charge is 0.399 e. The molecule has 3 aliphatic heterocycles. The van der Waals surface area contributed by atoms with Gasteiger partial charge in [-0.15, -0.1) is 0 Å². The molecular weight excluding hydrogens is 1210 g/mol. The van der Waals surface area contributed by atoms with Crippen LogP contribution >= 0.6 is 39.1 Å². The standard InChI is InChI=1S/C30H34ClN7O.C19H22BrClN6.C17H24BNO3/c1-20(2)36-11-13-37(14-12-36)23-5-7-28(33-18-23)34-26-17-25(29(31)38-10-9-32-30(26)38)21-4-6-24-22(8-15-39)19-35(3)27(24)16-21;1-13(2)25-7-9-26(10-8-25)14-3-4-17(23-12-14)24-16-11-15(20)18(21)27-6-5-22-19(16)27;1-16(2)17(3,4)22-18(21-16)13-6-7-14-12(8-9-20)11-19(5)15(14)10-13/h4-7,9-10,16-20,39H,8,11-15H2,1-3H3,(H,33,34);3-6,11-13H,7-10H2,1-2H3,(H,23,24);6-7,10-11,20H,8-9H2,1-5H3. The minimum absolute atomic E-state index is 0.128. The van der Waals surface area contributed by atoms with Crippen LogP contribution in [0.2, 0.25) is 10.3 Å². The average molecular weight is 1300 g/mol. The molecule has 0 bridgehead atoms. The van der Waals surface area contributed by atoms with Crippen LogP contribution < -0.4 is 25.9 Å². The molecule has 3 aliphatic rings. The largest absolute Gasteiger partial charge is 0.494 e. The third kappa shape index (κ3) is 13.1. The van der Waals surface area contributed by atoms with Crippen LogP contribution in [0.15, 0.2) is 127 Å². The van der Waals surface area contributed by atoms with Crippen LogP contribution in [0.5, 0.6) is 0 Å². The zero-order chi connectivity index (χ0) is 62.2. The maximum atomic E-state index is 9.45. The summed E-state index contributed by atoms with van der Waals surface area (Å²) in [6.45, 7) is 26.0. The summed E-state index contributed by atoms with van der Waals surface area (Å²) in [6, 6.07) is 26.1. The molecule has 8 aromatic heterocycles. The van der Waals surface area contributed by atoms with Gasteiger partial charge in [0.25, 0.3) is 0 Å². The fourth-order valence-electron chi connectivity index (χ4n) is 11.9. The van der Waals surface area contributed by atoms with Crippen molar-refractivity contribution in [1.82, 2.24) is 47.7 Å². The van der Waals surface area contributed by atoms with Crippen LogP contribution in [0.4, 0.5) is 34.4 Å². The normalized spacial score (nSPS) is 16.3. The summed E-state index contributed by atoms with van der Waals surface area (Å²) in [5, 5.41) is 29.0. The highest BCUT2D eigenvalue weighted by Crippen LogP contribution is 2.39. The number of piperazine rings is 2. The Labute approximate surface area is 534 Å². The number of hydrogen-bond acceptors (Lipinski definition) is 14. The number of aromatic nitrogens is 8. The molecule has 4 N–H and O–H groups in total. The molecule has 3 saturated heterocycles. The first-order chi connectivity index (χ1) is 42.2. The van der Waals surface area contributed by atoms with E-state index in [0.717, 1.165) is 141 Å². The van der Waals surface area contributed by atoms with E-state index in [-0.39, 0.29) is 31.5 Å². The van der Waals surface area contributed by atoms with Crippen LogP contribution in [-0.4, -0.2) is 154 Å². The molecule has 0 radical (unpaired) electrons. The summed E-state index contributed by atoms with van der Waals surface area (Å²) in [4.78, 5) is 28.1. The number of nitrogens with one attached hydrogen (secondary N) is 2. The average Bonchev–Trinajstić information content (AvgIpc) is 1.66. The van der Waals surface area contributed by atoms with Gasteiger partial charge in [-0.3, -0.25) is 18.6 Å². The van der Waals surface area contributed by atoms with Crippen molar-refractivity contribution < 1.29 is 19.5 Å². The monoisotopic (exact) mass is 1290 g/mol. The van der Waals surface area contributed by atoms with Crippen LogP contribution in [0.3, 0.4) is 0 Å². The molecule has 22 heteroatoms. The van der Waals surface area contributed by atoms with E-state index in [1.54, 1.807) is 12.4 Å². The van der Waals surface area contributed by atoms with Crippen molar-refractivity contribution in [3.05, 3.63) is 148 Å². The van der Waals surface area contributed by atoms with Crippen LogP contribution in [0.1, 0.15) is 66.5 Å². The number of anilines is 6. The molecule has 0 spiro atoms. The molecule has 0 saturated carbocycles. The van der Waals surface area contributed by atoms with Crippen molar-refractivity contribution in [1.29, 1.82) is 0 Å². The molecule has 2 aromatic carbocycles. The van der Waals surface area contributed by atoms with Crippen LogP contribution in [0.25, 0.3) is 44.2 Å². The summed E-state index contributed by atoms with van der Waals surface area (Å²) in [5.41, 5.74) is 12.3. The van der Waals surface area contributed by atoms with E-state index in [4.69, 9.17) is 37.5 Å². The first-order valence-electron chi connectivity index (χ1n) is 30.3. The third-order valence-corrected chi connectivity index (χ3v) is 19.4. The summed E-state index contributed by atoms with van der Waals surface area (Å²) >= 11 is 16.7. The fraction of sp³-hybridized carbons (Fsp3) is 0.394. The summed E-state index contributed by atoms with van der Waals surface area (Å²) in [7, 11) is 3.71. The Kier molecular flexibility index (Phi) is 18.9. The Hall–Kier alpha value is -6.72. The Morgan fingerprint density at radius 3 is 1.52 bits per heavy atom. The van der Waals surface area contributed by atoms with E-state index in [1.807, 2.05) is 71.9 Å². The lowest BCUT2D eigenvalue weighted by Gasteiger charge is -2.38. The number of imidazole rings is 2. The number of rotatable bonds is 14. The maximum absolute atomic E-state index is 9.45. The number of hydrogen-bond donors (Lipinski definition) is 4. The van der Waals surface area contributed by atoms with Gasteiger partial charge < -0.3 is 49.1 Å². The topological polar surface area (TPSA) is 166 Å². The highest BCUT2D eigenvalue weighted by Gasteiger charge is 2.51. The number of nitrogens with zero attached hydrogens (tertiary/aromatic N) is 12. The molecule has 11 heterocycles. The van der Waals surface area contributed by atoms with Crippen molar-refractivity contribution in [2.75, 3.05) is 86.0 Å². The van der Waals surface area contributed by atoms with Gasteiger partial charge in [0.2, 0.25) is 0 Å². The van der Waals surface area contributed by atoms with Gasteiger partial charge in [-0.25, -0.2) is 19.9 Å². The van der Waals surface area contributed by atoms with E-state index in [0.29, 0.717) is 35.2 Å². The molecule has 462 valence electrons. The Balaban J connectivity index is 0.000000143. The number of pyridine rings is 4. The molecule has 10 aromatic rings. The Bertz CT molecular complexity index is 4040. The zero-order valence-corrected chi connectivity index (χ0v) is 55.1. The summed E-state index contributed by atoms with van der Waals surface area (Å²) in [5.74, 6) is 1.53. The number of halogens is 3. The van der Waals surface area contributed by atoms with Crippen LogP contribution in [-0.2, 0) is 36.2 Å². The number of aryl methyl sites for hydroxylation is 2. The van der Waals surface area contributed by atoms with Crippen molar-refractivity contribution >= 4 is 119 Å². The minimum atomic E-state index is -0.342. The lowest BCUT2D eigenvalue weighted by molar-refractivity contribution is 0.00578. The zero-order valence-electron chi connectivity index (χ0n) is 52.0. The van der Waals surface area contributed by atoms with Gasteiger partial charge in [0.15, 0.2) is 11.3 Å². The highest BCUT2D eigenvalue weighted by molar-refractivity contribution is 9.10. The number of aliphatic hydroxyl groups excluding tert-OH is 2. The lowest BCUT2D eigenvalue weighted by Crippen LogP contribution is -2.48. The third-order valence-electron chi connectivity index (χ3n) is 17.8. The number of benzene rings is 2. The van der Waals surface area contributed by atoms with Gasteiger partial charge in [-0.2, -0.15) is 0 Å². The van der Waals surface area contributed by atoms with Gasteiger partial charge in [-0.1, -0.05) is 47.5 Å². The molecular formula is C66H80BBrCl2N14O4. The van der Waals surface area contributed by atoms with Gasteiger partial charge in [0.05, 0.1) is 50.8 Å². The second-order valence-corrected chi connectivity index (χ2v) is 26.1. The number of aliphatic hydroxyl groups is 2. The predicted molar refractivity (Wildman–Crippen MR) is 363 cm³/mol. The van der Waals surface area contributed by atoms with Crippen molar-refractivity contribution in [3.8, 4) is 11.1 Å². The van der Waals surface area contributed by atoms with E-state index in [1.165, 1.54) is 10.9 Å². The summed E-state index contributed by atoms with van der Waals surface area (Å²) in [6.07, 6.45) is 16.5. The summed E-state index contributed by atoms with van der Waals surface area (Å²) < 4.78 is 21.0. The number of fused-ring (bicyclic) bond motifs is 4. The molecule has 13 rings (SSSR count). The molecule has 0 unspecified atom stereocenters. The van der Waals surface area contributed by atoms with E-state index in [2.05, 4.69) is 187 Å². The minimum Gasteiger partial charge on any atom is -0.399 e. The van der Waals surface area contributed by atoms with Gasteiger partial charge >= 0.3 is 7.12 Å². The highest BCUT2D eigenvalue weighted by atomic mass is 79.9. The molecule has 88 heavy (non-hydrogen) atoms. The van der Waals surface area contributed by atoms with Gasteiger partial charge in [0.1, 0.15) is 21.9 Å². The first-order valence-corrected chi connectivity index (χ1v) is 31.9. The van der Waals surface area contributed by atoms with Crippen molar-refractivity contribution in [2.24, 2.45) is 14.1 Å². The lowest BCUT2D eigenvalue weighted by atomic mass is 9.78. The maximum Gasteiger partial charge on any atom is 0.494 e. The van der Waals surface area contributed by atoms with E-state index >= 15 is 0 Å². The van der Waals surface area contributed by atoms with E-state index < -0.39 is 0 Å². The van der Waals surface area contributed by atoms with Crippen molar-refractivity contribution in [3.63, 3.8) is 0 Å². The van der Waals surface area contributed by atoms with E-state index in [9.17, 15) is 10.2 Å². The second kappa shape index (κ2) is 26.4. The first kappa shape index (κ1) is 62.9. The van der Waals surface area contributed by atoms with Crippen LogP contribution in [0, 0.1) is 0 Å². The molecule has 18 nitrogen and oxygen atoms in total. The van der Waals surface area contributed by atoms with Crippen molar-refractivity contribution in [2.45, 2.75) is 91.5 Å². The second-order valence-electron chi connectivity index (χ2n) is 24.6. The molecule has 0 atom stereocenters. The Morgan fingerprint density at radius 2 is 1.06 bits per heavy atom. The molecule has 0 amide bonds. The van der Waals surface area contributed by atoms with Gasteiger partial charge in [-0.05, 0) is 155 Å². The molecule has 0 aliphatic carbocycles. The fourth-order valence-corrected chi connectivity index (χ4v) is 12.8. The van der Waals surface area contributed by atoms with Gasteiger partial charge in [0, 0.05) is 156 Å². The predicted octanol–water partition coefficient (Wildman–Crippen LogP) is 11.8.